The molecule has 22 heavy (non-hydrogen) atoms. The van der Waals surface area contributed by atoms with Crippen molar-refractivity contribution < 1.29 is 4.79 Å². The highest BCUT2D eigenvalue weighted by Gasteiger charge is 2.09. The molecule has 0 saturated heterocycles. The van der Waals surface area contributed by atoms with Crippen LogP contribution in [0.2, 0.25) is 0 Å². The topological polar surface area (TPSA) is 32.3 Å². The van der Waals surface area contributed by atoms with Gasteiger partial charge in [-0.3, -0.25) is 4.79 Å². The maximum absolute atomic E-state index is 12.0. The molecule has 2 aromatic rings. The Morgan fingerprint density at radius 1 is 1.18 bits per heavy atom. The van der Waals surface area contributed by atoms with Crippen molar-refractivity contribution in [2.75, 3.05) is 25.5 Å². The van der Waals surface area contributed by atoms with Gasteiger partial charge in [0, 0.05) is 31.2 Å². The molecule has 1 N–H and O–H groups in total. The lowest BCUT2D eigenvalue weighted by Gasteiger charge is -2.12. The van der Waals surface area contributed by atoms with Gasteiger partial charge >= 0.3 is 0 Å². The van der Waals surface area contributed by atoms with Crippen molar-refractivity contribution in [1.82, 2.24) is 5.32 Å². The van der Waals surface area contributed by atoms with Gasteiger partial charge in [0.2, 0.25) is 0 Å². The first kappa shape index (κ1) is 16.6. The highest BCUT2D eigenvalue weighted by molar-refractivity contribution is 7.14. The van der Waals surface area contributed by atoms with Crippen LogP contribution in [0.25, 0.3) is 0 Å². The molecule has 4 heteroatoms. The summed E-state index contributed by atoms with van der Waals surface area (Å²) in [5, 5.41) is 3.00. The minimum Gasteiger partial charge on any atom is -0.378 e. The lowest BCUT2D eigenvalue weighted by molar-refractivity contribution is 0.0957. The quantitative estimate of drug-likeness (QED) is 0.822. The zero-order chi connectivity index (χ0) is 16.1. The molecule has 0 unspecified atom stereocenters. The molecule has 1 amide bonds. The minimum atomic E-state index is 0.0455. The van der Waals surface area contributed by atoms with Crippen LogP contribution in [0, 0.1) is 13.8 Å². The number of anilines is 1. The number of hydrogen-bond acceptors (Lipinski definition) is 3. The zero-order valence-electron chi connectivity index (χ0n) is 13.8. The summed E-state index contributed by atoms with van der Waals surface area (Å²) in [6.07, 6.45) is 1.94. The molecular formula is C18H24N2OS. The number of nitrogens with zero attached hydrogens (tertiary/aromatic N) is 1. The number of aryl methyl sites for hydroxylation is 3. The fourth-order valence-electron chi connectivity index (χ4n) is 2.23. The van der Waals surface area contributed by atoms with E-state index in [1.807, 2.05) is 34.0 Å². The molecule has 0 atom stereocenters. The average molecular weight is 316 g/mol. The first-order valence-electron chi connectivity index (χ1n) is 7.59. The Hall–Kier alpha value is -1.81. The molecule has 2 rings (SSSR count). The van der Waals surface area contributed by atoms with Crippen LogP contribution in [0.1, 0.15) is 32.1 Å². The molecule has 0 aliphatic heterocycles. The Balaban J connectivity index is 1.76. The lowest BCUT2D eigenvalue weighted by Crippen LogP contribution is -2.23. The number of hydrogen-bond donors (Lipinski definition) is 1. The van der Waals surface area contributed by atoms with Crippen LogP contribution < -0.4 is 10.2 Å². The van der Waals surface area contributed by atoms with E-state index in [2.05, 4.69) is 34.5 Å². The molecule has 1 heterocycles. The van der Waals surface area contributed by atoms with Gasteiger partial charge in [0.05, 0.1) is 4.88 Å². The first-order valence-corrected chi connectivity index (χ1v) is 8.40. The second-order valence-electron chi connectivity index (χ2n) is 5.77. The van der Waals surface area contributed by atoms with Crippen LogP contribution in [-0.4, -0.2) is 26.5 Å². The van der Waals surface area contributed by atoms with Crippen molar-refractivity contribution in [2.45, 2.75) is 26.7 Å². The molecule has 0 saturated carbocycles. The van der Waals surface area contributed by atoms with Gasteiger partial charge in [-0.15, -0.1) is 11.3 Å². The van der Waals surface area contributed by atoms with Gasteiger partial charge in [-0.05, 0) is 56.0 Å². The number of carbonyl (C=O) groups is 1. The summed E-state index contributed by atoms with van der Waals surface area (Å²) in [5.74, 6) is 0.0455. The maximum atomic E-state index is 12.0. The highest BCUT2D eigenvalue weighted by atomic mass is 32.1. The number of thiophene rings is 1. The van der Waals surface area contributed by atoms with Gasteiger partial charge in [0.25, 0.3) is 5.91 Å². The fourth-order valence-corrected chi connectivity index (χ4v) is 3.18. The monoisotopic (exact) mass is 316 g/mol. The maximum Gasteiger partial charge on any atom is 0.261 e. The van der Waals surface area contributed by atoms with E-state index in [1.54, 1.807) is 11.3 Å². The summed E-state index contributed by atoms with van der Waals surface area (Å²) in [7, 11) is 4.08. The van der Waals surface area contributed by atoms with Crippen LogP contribution >= 0.6 is 11.3 Å². The first-order chi connectivity index (χ1) is 10.5. The molecule has 0 radical (unpaired) electrons. The van der Waals surface area contributed by atoms with Crippen molar-refractivity contribution >= 4 is 22.9 Å². The molecular weight excluding hydrogens is 292 g/mol. The van der Waals surface area contributed by atoms with Gasteiger partial charge in [-0.1, -0.05) is 12.1 Å². The van der Waals surface area contributed by atoms with Crippen molar-refractivity contribution in [3.05, 3.63) is 51.2 Å². The Morgan fingerprint density at radius 3 is 2.41 bits per heavy atom. The molecule has 0 fully saturated rings. The van der Waals surface area contributed by atoms with E-state index in [1.165, 1.54) is 21.7 Å². The summed E-state index contributed by atoms with van der Waals surface area (Å²) in [4.78, 5) is 16.2. The smallest absolute Gasteiger partial charge is 0.261 e. The van der Waals surface area contributed by atoms with Gasteiger partial charge in [-0.2, -0.15) is 0 Å². The molecule has 1 aromatic carbocycles. The largest absolute Gasteiger partial charge is 0.378 e. The summed E-state index contributed by atoms with van der Waals surface area (Å²) in [5.41, 5.74) is 3.71. The van der Waals surface area contributed by atoms with Crippen molar-refractivity contribution in [1.29, 1.82) is 0 Å². The van der Waals surface area contributed by atoms with Gasteiger partial charge in [0.15, 0.2) is 0 Å². The Bertz CT molecular complexity index is 610. The molecule has 0 spiro atoms. The van der Waals surface area contributed by atoms with Crippen LogP contribution in [-0.2, 0) is 6.42 Å². The molecule has 0 aliphatic carbocycles. The highest BCUT2D eigenvalue weighted by Crippen LogP contribution is 2.20. The lowest BCUT2D eigenvalue weighted by atomic mass is 10.1. The van der Waals surface area contributed by atoms with Crippen LogP contribution in [0.15, 0.2) is 30.3 Å². The summed E-state index contributed by atoms with van der Waals surface area (Å²) in [6, 6.07) is 10.5. The summed E-state index contributed by atoms with van der Waals surface area (Å²) < 4.78 is 0. The summed E-state index contributed by atoms with van der Waals surface area (Å²) in [6.45, 7) is 4.80. The van der Waals surface area contributed by atoms with Crippen LogP contribution in [0.3, 0.4) is 0 Å². The van der Waals surface area contributed by atoms with E-state index in [4.69, 9.17) is 0 Å². The number of benzene rings is 1. The van der Waals surface area contributed by atoms with E-state index in [0.717, 1.165) is 17.7 Å². The number of nitrogens with one attached hydrogen (secondary N) is 1. The molecule has 118 valence electrons. The molecule has 3 nitrogen and oxygen atoms in total. The van der Waals surface area contributed by atoms with E-state index in [-0.39, 0.29) is 5.91 Å². The van der Waals surface area contributed by atoms with E-state index in [9.17, 15) is 4.79 Å². The van der Waals surface area contributed by atoms with Crippen molar-refractivity contribution in [3.8, 4) is 0 Å². The van der Waals surface area contributed by atoms with E-state index in [0.29, 0.717) is 6.54 Å². The third-order valence-electron chi connectivity index (χ3n) is 3.77. The second-order valence-corrected chi connectivity index (χ2v) is 7.03. The van der Waals surface area contributed by atoms with Gasteiger partial charge < -0.3 is 10.2 Å². The fraction of sp³-hybridized carbons (Fsp3) is 0.389. The normalized spacial score (nSPS) is 10.5. The predicted octanol–water partition coefficient (Wildman–Crippen LogP) is 3.79. The van der Waals surface area contributed by atoms with Crippen LogP contribution in [0.4, 0.5) is 5.69 Å². The average Bonchev–Trinajstić information content (AvgIpc) is 2.83. The minimum absolute atomic E-state index is 0.0455. The molecule has 0 aliphatic rings. The zero-order valence-corrected chi connectivity index (χ0v) is 14.6. The molecule has 0 bridgehead atoms. The number of amides is 1. The summed E-state index contributed by atoms with van der Waals surface area (Å²) >= 11 is 1.56. The van der Waals surface area contributed by atoms with Crippen molar-refractivity contribution in [2.24, 2.45) is 0 Å². The molecule has 1 aromatic heterocycles. The Labute approximate surface area is 137 Å². The number of rotatable bonds is 6. The third kappa shape index (κ3) is 4.34. The van der Waals surface area contributed by atoms with E-state index >= 15 is 0 Å². The predicted molar refractivity (Wildman–Crippen MR) is 95.2 cm³/mol. The SMILES string of the molecule is Cc1cc(C(=O)NCCCc2ccc(N(C)C)cc2)sc1C. The Kier molecular flexibility index (Phi) is 5.61. The van der Waals surface area contributed by atoms with Gasteiger partial charge in [-0.25, -0.2) is 0 Å². The van der Waals surface area contributed by atoms with Crippen LogP contribution in [0.5, 0.6) is 0 Å². The van der Waals surface area contributed by atoms with Crippen molar-refractivity contribution in [3.63, 3.8) is 0 Å². The standard InChI is InChI=1S/C18H24N2OS/c1-13-12-17(22-14(13)2)18(21)19-11-5-6-15-7-9-16(10-8-15)20(3)4/h7-10,12H,5-6,11H2,1-4H3,(H,19,21). The second kappa shape index (κ2) is 7.45. The third-order valence-corrected chi connectivity index (χ3v) is 4.92. The Morgan fingerprint density at radius 2 is 1.86 bits per heavy atom. The number of carbonyl (C=O) groups excluding carboxylic acids is 1. The van der Waals surface area contributed by atoms with E-state index < -0.39 is 0 Å². The van der Waals surface area contributed by atoms with Gasteiger partial charge in [0.1, 0.15) is 0 Å².